The summed E-state index contributed by atoms with van der Waals surface area (Å²) in [5.74, 6) is 0.808. The van der Waals surface area contributed by atoms with Crippen molar-refractivity contribution in [2.45, 2.75) is 53.1 Å². The molecule has 0 saturated carbocycles. The van der Waals surface area contributed by atoms with Crippen molar-refractivity contribution >= 4 is 0 Å². The third-order valence-corrected chi connectivity index (χ3v) is 4.15. The van der Waals surface area contributed by atoms with Crippen molar-refractivity contribution in [1.82, 2.24) is 4.90 Å². The first kappa shape index (κ1) is 13.6. The van der Waals surface area contributed by atoms with E-state index in [0.717, 1.165) is 12.5 Å². The first-order valence-corrected chi connectivity index (χ1v) is 7.26. The van der Waals surface area contributed by atoms with Crippen LogP contribution in [0.1, 0.15) is 46.1 Å². The number of hydrogen-bond donors (Lipinski definition) is 0. The molecule has 0 aromatic heterocycles. The van der Waals surface area contributed by atoms with Crippen molar-refractivity contribution in [2.24, 2.45) is 11.3 Å². The van der Waals surface area contributed by atoms with Gasteiger partial charge in [-0.1, -0.05) is 58.0 Å². The third kappa shape index (κ3) is 3.14. The first-order valence-electron chi connectivity index (χ1n) is 7.26. The minimum Gasteiger partial charge on any atom is -0.295 e. The molecular formula is C17H27N. The van der Waals surface area contributed by atoms with E-state index >= 15 is 0 Å². The Hall–Kier alpha value is -0.820. The van der Waals surface area contributed by atoms with Gasteiger partial charge in [-0.05, 0) is 36.3 Å². The van der Waals surface area contributed by atoms with E-state index in [-0.39, 0.29) is 0 Å². The molecule has 0 amide bonds. The number of benzene rings is 1. The average molecular weight is 245 g/mol. The first-order chi connectivity index (χ1) is 8.48. The minimum atomic E-state index is 0.370. The van der Waals surface area contributed by atoms with Crippen LogP contribution in [0, 0.1) is 11.3 Å². The second-order valence-corrected chi connectivity index (χ2v) is 6.89. The van der Waals surface area contributed by atoms with Crippen LogP contribution < -0.4 is 0 Å². The van der Waals surface area contributed by atoms with Gasteiger partial charge in [0.25, 0.3) is 0 Å². The van der Waals surface area contributed by atoms with Gasteiger partial charge in [-0.3, -0.25) is 4.90 Å². The highest BCUT2D eigenvalue weighted by Crippen LogP contribution is 2.36. The lowest BCUT2D eigenvalue weighted by molar-refractivity contribution is 0.0181. The van der Waals surface area contributed by atoms with E-state index in [2.05, 4.69) is 62.9 Å². The molecule has 1 saturated heterocycles. The average Bonchev–Trinajstić information content (AvgIpc) is 2.28. The lowest BCUT2D eigenvalue weighted by Gasteiger charge is -2.47. The maximum absolute atomic E-state index is 2.70. The van der Waals surface area contributed by atoms with Crippen LogP contribution in [0.4, 0.5) is 0 Å². The molecule has 1 aliphatic rings. The molecule has 1 aromatic rings. The molecule has 18 heavy (non-hydrogen) atoms. The lowest BCUT2D eigenvalue weighted by atomic mass is 9.75. The molecule has 0 spiro atoms. The predicted molar refractivity (Wildman–Crippen MR) is 78.5 cm³/mol. The Morgan fingerprint density at radius 3 is 2.44 bits per heavy atom. The quantitative estimate of drug-likeness (QED) is 0.749. The van der Waals surface area contributed by atoms with E-state index in [4.69, 9.17) is 0 Å². The Labute approximate surface area is 112 Å². The zero-order valence-electron chi connectivity index (χ0n) is 12.3. The van der Waals surface area contributed by atoms with Gasteiger partial charge >= 0.3 is 0 Å². The fraction of sp³-hybridized carbons (Fsp3) is 0.647. The topological polar surface area (TPSA) is 3.24 Å². The molecule has 0 bridgehead atoms. The summed E-state index contributed by atoms with van der Waals surface area (Å²) in [6, 6.07) is 11.6. The molecule has 0 N–H and O–H groups in total. The van der Waals surface area contributed by atoms with Crippen LogP contribution in [0.2, 0.25) is 0 Å². The lowest BCUT2D eigenvalue weighted by Crippen LogP contribution is -2.50. The summed E-state index contributed by atoms with van der Waals surface area (Å²) in [4.78, 5) is 2.70. The minimum absolute atomic E-state index is 0.370. The van der Waals surface area contributed by atoms with Gasteiger partial charge in [-0.25, -0.2) is 0 Å². The molecule has 1 nitrogen and oxygen atoms in total. The molecule has 1 aliphatic heterocycles. The largest absolute Gasteiger partial charge is 0.295 e. The molecule has 1 fully saturated rings. The highest BCUT2D eigenvalue weighted by Gasteiger charge is 2.36. The van der Waals surface area contributed by atoms with Crippen LogP contribution >= 0.6 is 0 Å². The summed E-state index contributed by atoms with van der Waals surface area (Å²) in [6.45, 7) is 11.9. The number of nitrogens with zero attached hydrogens (tertiary/aromatic N) is 1. The maximum Gasteiger partial charge on any atom is 0.0237 e. The molecule has 100 valence electrons. The van der Waals surface area contributed by atoms with E-state index in [0.29, 0.717) is 11.5 Å². The van der Waals surface area contributed by atoms with Crippen molar-refractivity contribution in [2.75, 3.05) is 6.54 Å². The van der Waals surface area contributed by atoms with Crippen molar-refractivity contribution < 1.29 is 0 Å². The van der Waals surface area contributed by atoms with Crippen molar-refractivity contribution in [1.29, 1.82) is 0 Å². The second-order valence-electron chi connectivity index (χ2n) is 6.89. The van der Waals surface area contributed by atoms with Gasteiger partial charge in [0.15, 0.2) is 0 Å². The van der Waals surface area contributed by atoms with Crippen LogP contribution in [-0.4, -0.2) is 17.5 Å². The molecule has 2 atom stereocenters. The molecule has 1 heterocycles. The van der Waals surface area contributed by atoms with E-state index in [1.54, 1.807) is 0 Å². The molecule has 1 heteroatoms. The summed E-state index contributed by atoms with van der Waals surface area (Å²) in [7, 11) is 0. The maximum atomic E-state index is 2.70. The van der Waals surface area contributed by atoms with Crippen LogP contribution in [0.15, 0.2) is 30.3 Å². The molecule has 0 radical (unpaired) electrons. The third-order valence-electron chi connectivity index (χ3n) is 4.15. The Balaban J connectivity index is 2.14. The van der Waals surface area contributed by atoms with E-state index < -0.39 is 0 Å². The van der Waals surface area contributed by atoms with Crippen LogP contribution in [-0.2, 0) is 6.54 Å². The normalized spacial score (nSPS) is 26.2. The summed E-state index contributed by atoms with van der Waals surface area (Å²) in [5.41, 5.74) is 1.81. The van der Waals surface area contributed by atoms with Crippen LogP contribution in [0.5, 0.6) is 0 Å². The fourth-order valence-electron chi connectivity index (χ4n) is 3.67. The predicted octanol–water partition coefficient (Wildman–Crippen LogP) is 4.33. The van der Waals surface area contributed by atoms with Gasteiger partial charge in [-0.2, -0.15) is 0 Å². The van der Waals surface area contributed by atoms with Gasteiger partial charge in [0.2, 0.25) is 0 Å². The van der Waals surface area contributed by atoms with Crippen molar-refractivity contribution in [3.63, 3.8) is 0 Å². The van der Waals surface area contributed by atoms with Crippen molar-refractivity contribution in [3.8, 4) is 0 Å². The molecular weight excluding hydrogens is 218 g/mol. The fourth-order valence-corrected chi connectivity index (χ4v) is 3.67. The smallest absolute Gasteiger partial charge is 0.0237 e. The zero-order valence-corrected chi connectivity index (χ0v) is 12.3. The Kier molecular flexibility index (Phi) is 4.11. The molecule has 2 rings (SSSR count). The second kappa shape index (κ2) is 5.44. The number of likely N-dealkylation sites (tertiary alicyclic amines) is 1. The number of piperidine rings is 1. The van der Waals surface area contributed by atoms with Crippen LogP contribution in [0.25, 0.3) is 0 Å². The van der Waals surface area contributed by atoms with Crippen LogP contribution in [0.3, 0.4) is 0 Å². The van der Waals surface area contributed by atoms with Gasteiger partial charge in [0.05, 0.1) is 0 Å². The Morgan fingerprint density at radius 1 is 1.17 bits per heavy atom. The Bertz CT molecular complexity index is 363. The summed E-state index contributed by atoms with van der Waals surface area (Å²) >= 11 is 0. The molecule has 1 aromatic carbocycles. The van der Waals surface area contributed by atoms with Crippen molar-refractivity contribution in [3.05, 3.63) is 35.9 Å². The highest BCUT2D eigenvalue weighted by molar-refractivity contribution is 5.15. The Morgan fingerprint density at radius 2 is 1.83 bits per heavy atom. The number of hydrogen-bond acceptors (Lipinski definition) is 1. The molecule has 0 aliphatic carbocycles. The summed E-state index contributed by atoms with van der Waals surface area (Å²) in [5, 5.41) is 0. The standard InChI is InChI=1S/C17H27N/c1-14-9-8-12-18(16(14)17(2,3)4)13-15-10-6-5-7-11-15/h5-7,10-11,14,16H,8-9,12-13H2,1-4H3/t14-,16-/m1/s1. The summed E-state index contributed by atoms with van der Waals surface area (Å²) in [6.07, 6.45) is 2.73. The SMILES string of the molecule is C[C@@H]1CCCN(Cc2ccccc2)[C@H]1C(C)(C)C. The van der Waals surface area contributed by atoms with Gasteiger partial charge in [0, 0.05) is 12.6 Å². The monoisotopic (exact) mass is 245 g/mol. The van der Waals surface area contributed by atoms with E-state index in [1.165, 1.54) is 24.9 Å². The summed E-state index contributed by atoms with van der Waals surface area (Å²) < 4.78 is 0. The number of rotatable bonds is 2. The highest BCUT2D eigenvalue weighted by atomic mass is 15.2. The van der Waals surface area contributed by atoms with E-state index in [1.807, 2.05) is 0 Å². The van der Waals surface area contributed by atoms with Gasteiger partial charge in [-0.15, -0.1) is 0 Å². The van der Waals surface area contributed by atoms with Gasteiger partial charge < -0.3 is 0 Å². The van der Waals surface area contributed by atoms with Gasteiger partial charge in [0.1, 0.15) is 0 Å². The zero-order chi connectivity index (χ0) is 13.2. The van der Waals surface area contributed by atoms with E-state index in [9.17, 15) is 0 Å². The molecule has 0 unspecified atom stereocenters.